The fourth-order valence-electron chi connectivity index (χ4n) is 1.85. The summed E-state index contributed by atoms with van der Waals surface area (Å²) < 4.78 is 43.6. The first-order valence-corrected chi connectivity index (χ1v) is 6.41. The molecule has 2 aromatic rings. The standard InChI is InChI=1S/C14H15F3N2O2/c1-2-21-11-5-3-10(4-6-11)12(20)9-19-8-7-13(18-19)14(15,16)17/h3-8,12,20H,2,9H2,1H3. The zero-order valence-electron chi connectivity index (χ0n) is 11.3. The van der Waals surface area contributed by atoms with Crippen molar-refractivity contribution in [1.29, 1.82) is 0 Å². The molecular formula is C14H15F3N2O2. The van der Waals surface area contributed by atoms with E-state index in [0.29, 0.717) is 17.9 Å². The molecule has 1 unspecified atom stereocenters. The highest BCUT2D eigenvalue weighted by atomic mass is 19.4. The normalized spacial score (nSPS) is 13.2. The molecule has 0 aliphatic rings. The summed E-state index contributed by atoms with van der Waals surface area (Å²) in [7, 11) is 0. The first-order chi connectivity index (χ1) is 9.90. The van der Waals surface area contributed by atoms with Crippen molar-refractivity contribution >= 4 is 0 Å². The molecule has 0 fully saturated rings. The second-order valence-corrected chi connectivity index (χ2v) is 4.44. The second-order valence-electron chi connectivity index (χ2n) is 4.44. The van der Waals surface area contributed by atoms with Crippen LogP contribution >= 0.6 is 0 Å². The van der Waals surface area contributed by atoms with Crippen LogP contribution in [0.1, 0.15) is 24.3 Å². The lowest BCUT2D eigenvalue weighted by molar-refractivity contribution is -0.141. The molecule has 21 heavy (non-hydrogen) atoms. The van der Waals surface area contributed by atoms with E-state index >= 15 is 0 Å². The fourth-order valence-corrected chi connectivity index (χ4v) is 1.85. The fraction of sp³-hybridized carbons (Fsp3) is 0.357. The summed E-state index contributed by atoms with van der Waals surface area (Å²) in [5.41, 5.74) is -0.385. The third-order valence-electron chi connectivity index (χ3n) is 2.87. The first kappa shape index (κ1) is 15.4. The molecule has 0 saturated carbocycles. The van der Waals surface area contributed by atoms with E-state index in [0.717, 1.165) is 10.7 Å². The number of aromatic nitrogens is 2. The third-order valence-corrected chi connectivity index (χ3v) is 2.87. The Balaban J connectivity index is 2.03. The topological polar surface area (TPSA) is 47.3 Å². The van der Waals surface area contributed by atoms with Gasteiger partial charge in [0.1, 0.15) is 5.75 Å². The van der Waals surface area contributed by atoms with Crippen LogP contribution < -0.4 is 4.74 Å². The minimum Gasteiger partial charge on any atom is -0.494 e. The van der Waals surface area contributed by atoms with Gasteiger partial charge in [0.15, 0.2) is 5.69 Å². The lowest BCUT2D eigenvalue weighted by Gasteiger charge is -2.12. The van der Waals surface area contributed by atoms with Crippen molar-refractivity contribution < 1.29 is 23.0 Å². The largest absolute Gasteiger partial charge is 0.494 e. The van der Waals surface area contributed by atoms with Gasteiger partial charge in [-0.3, -0.25) is 4.68 Å². The molecule has 7 heteroatoms. The number of ether oxygens (including phenoxy) is 1. The van der Waals surface area contributed by atoms with E-state index in [2.05, 4.69) is 5.10 Å². The molecule has 1 aromatic carbocycles. The molecule has 1 atom stereocenters. The Morgan fingerprint density at radius 2 is 1.90 bits per heavy atom. The minimum atomic E-state index is -4.48. The van der Waals surface area contributed by atoms with Crippen LogP contribution in [0.4, 0.5) is 13.2 Å². The number of halogens is 3. The molecule has 0 bridgehead atoms. The van der Waals surface area contributed by atoms with Crippen molar-refractivity contribution in [3.8, 4) is 5.75 Å². The Morgan fingerprint density at radius 3 is 2.43 bits per heavy atom. The van der Waals surface area contributed by atoms with E-state index < -0.39 is 18.0 Å². The van der Waals surface area contributed by atoms with Gasteiger partial charge in [-0.25, -0.2) is 0 Å². The predicted octanol–water partition coefficient (Wildman–Crippen LogP) is 3.03. The summed E-state index contributed by atoms with van der Waals surface area (Å²) in [5.74, 6) is 0.673. The van der Waals surface area contributed by atoms with E-state index in [1.807, 2.05) is 6.92 Å². The first-order valence-electron chi connectivity index (χ1n) is 6.41. The molecule has 1 aromatic heterocycles. The molecule has 114 valence electrons. The number of benzene rings is 1. The SMILES string of the molecule is CCOc1ccc(C(O)Cn2ccc(C(F)(F)F)n2)cc1. The van der Waals surface area contributed by atoms with Gasteiger partial charge < -0.3 is 9.84 Å². The van der Waals surface area contributed by atoms with Crippen molar-refractivity contribution in [1.82, 2.24) is 9.78 Å². The number of hydrogen-bond acceptors (Lipinski definition) is 3. The van der Waals surface area contributed by atoms with Gasteiger partial charge in [0.2, 0.25) is 0 Å². The smallest absolute Gasteiger partial charge is 0.435 e. The monoisotopic (exact) mass is 300 g/mol. The number of aliphatic hydroxyl groups is 1. The van der Waals surface area contributed by atoms with Crippen LogP contribution in [-0.4, -0.2) is 21.5 Å². The zero-order valence-corrected chi connectivity index (χ0v) is 11.3. The summed E-state index contributed by atoms with van der Waals surface area (Å²) >= 11 is 0. The van der Waals surface area contributed by atoms with Crippen molar-refractivity contribution in [2.45, 2.75) is 25.7 Å². The molecule has 0 aliphatic carbocycles. The molecular weight excluding hydrogens is 285 g/mol. The zero-order chi connectivity index (χ0) is 15.5. The van der Waals surface area contributed by atoms with Crippen molar-refractivity contribution in [2.75, 3.05) is 6.61 Å². The predicted molar refractivity (Wildman–Crippen MR) is 69.8 cm³/mol. The average Bonchev–Trinajstić information content (AvgIpc) is 2.88. The van der Waals surface area contributed by atoms with Gasteiger partial charge >= 0.3 is 6.18 Å². The lowest BCUT2D eigenvalue weighted by Crippen LogP contribution is -2.12. The molecule has 0 radical (unpaired) electrons. The molecule has 0 aliphatic heterocycles. The highest BCUT2D eigenvalue weighted by Gasteiger charge is 2.33. The van der Waals surface area contributed by atoms with Crippen LogP contribution in [0.5, 0.6) is 5.75 Å². The van der Waals surface area contributed by atoms with E-state index in [4.69, 9.17) is 4.74 Å². The number of alkyl halides is 3. The maximum absolute atomic E-state index is 12.4. The van der Waals surface area contributed by atoms with Crippen molar-refractivity contribution in [3.05, 3.63) is 47.8 Å². The molecule has 4 nitrogen and oxygen atoms in total. The third kappa shape index (κ3) is 3.98. The Kier molecular flexibility index (Phi) is 4.52. The Labute approximate surface area is 119 Å². The maximum atomic E-state index is 12.4. The van der Waals surface area contributed by atoms with Gasteiger partial charge in [-0.05, 0) is 30.7 Å². The average molecular weight is 300 g/mol. The van der Waals surface area contributed by atoms with Crippen LogP contribution in [0.25, 0.3) is 0 Å². The molecule has 0 saturated heterocycles. The Bertz CT molecular complexity index is 579. The molecule has 2 rings (SSSR count). The summed E-state index contributed by atoms with van der Waals surface area (Å²) in [5, 5.41) is 13.4. The Morgan fingerprint density at radius 1 is 1.24 bits per heavy atom. The number of rotatable bonds is 5. The summed E-state index contributed by atoms with van der Waals surface area (Å²) in [4.78, 5) is 0. The van der Waals surface area contributed by atoms with Gasteiger partial charge in [-0.1, -0.05) is 12.1 Å². The molecule has 0 amide bonds. The highest BCUT2D eigenvalue weighted by molar-refractivity contribution is 5.28. The quantitative estimate of drug-likeness (QED) is 0.923. The van der Waals surface area contributed by atoms with Crippen LogP contribution in [0.2, 0.25) is 0 Å². The molecule has 1 N–H and O–H groups in total. The summed E-state index contributed by atoms with van der Waals surface area (Å²) in [6, 6.07) is 7.62. The minimum absolute atomic E-state index is 0.0515. The van der Waals surface area contributed by atoms with Crippen molar-refractivity contribution in [3.63, 3.8) is 0 Å². The lowest BCUT2D eigenvalue weighted by atomic mass is 10.1. The van der Waals surface area contributed by atoms with Crippen molar-refractivity contribution in [2.24, 2.45) is 0 Å². The van der Waals surface area contributed by atoms with Gasteiger partial charge in [-0.15, -0.1) is 0 Å². The summed E-state index contributed by atoms with van der Waals surface area (Å²) in [6.07, 6.45) is -4.22. The maximum Gasteiger partial charge on any atom is 0.435 e. The molecule has 1 heterocycles. The van der Waals surface area contributed by atoms with Gasteiger partial charge in [0.05, 0.1) is 19.3 Å². The van der Waals surface area contributed by atoms with Crippen LogP contribution in [-0.2, 0) is 12.7 Å². The van der Waals surface area contributed by atoms with Crippen LogP contribution in [0.15, 0.2) is 36.5 Å². The molecule has 0 spiro atoms. The second kappa shape index (κ2) is 6.17. The van der Waals surface area contributed by atoms with E-state index in [1.54, 1.807) is 24.3 Å². The van der Waals surface area contributed by atoms with Crippen LogP contribution in [0, 0.1) is 0 Å². The van der Waals surface area contributed by atoms with E-state index in [1.165, 1.54) is 6.20 Å². The summed E-state index contributed by atoms with van der Waals surface area (Å²) in [6.45, 7) is 2.35. The highest BCUT2D eigenvalue weighted by Crippen LogP contribution is 2.27. The van der Waals surface area contributed by atoms with Gasteiger partial charge in [-0.2, -0.15) is 18.3 Å². The van der Waals surface area contributed by atoms with Gasteiger partial charge in [0, 0.05) is 6.20 Å². The number of nitrogens with zero attached hydrogens (tertiary/aromatic N) is 2. The number of hydrogen-bond donors (Lipinski definition) is 1. The van der Waals surface area contributed by atoms with E-state index in [9.17, 15) is 18.3 Å². The Hall–Kier alpha value is -2.02. The van der Waals surface area contributed by atoms with Gasteiger partial charge in [0.25, 0.3) is 0 Å². The van der Waals surface area contributed by atoms with E-state index in [-0.39, 0.29) is 6.54 Å². The number of aliphatic hydroxyl groups excluding tert-OH is 1. The van der Waals surface area contributed by atoms with Crippen LogP contribution in [0.3, 0.4) is 0 Å².